The fraction of sp³-hybridized carbons (Fsp3) is 0.500. The molecule has 2 heterocycles. The molecule has 1 fully saturated rings. The van der Waals surface area contributed by atoms with Crippen LogP contribution in [-0.4, -0.2) is 34.7 Å². The summed E-state index contributed by atoms with van der Waals surface area (Å²) in [5.41, 5.74) is 2.22. The number of benzene rings is 1. The zero-order valence-electron chi connectivity index (χ0n) is 12.2. The third-order valence-electron chi connectivity index (χ3n) is 4.09. The van der Waals surface area contributed by atoms with Gasteiger partial charge in [0.15, 0.2) is 0 Å². The molecular weight excluding hydrogens is 250 g/mol. The molecule has 0 saturated carbocycles. The molecule has 0 spiro atoms. The standard InChI is InChI=1S/C16H21N3O/c1-3-19-9-7-13(8-10-19)15-17-18-16(20-15)14-6-4-5-12(2)11-14/h4-6,11,13H,3,7-10H2,1-2H3. The minimum atomic E-state index is 0.420. The Morgan fingerprint density at radius 2 is 2.05 bits per heavy atom. The number of piperidine rings is 1. The third kappa shape index (κ3) is 2.75. The van der Waals surface area contributed by atoms with Crippen molar-refractivity contribution < 1.29 is 4.42 Å². The lowest BCUT2D eigenvalue weighted by atomic mass is 9.97. The topological polar surface area (TPSA) is 42.2 Å². The second-order valence-electron chi connectivity index (χ2n) is 5.52. The number of likely N-dealkylation sites (tertiary alicyclic amines) is 1. The van der Waals surface area contributed by atoms with Gasteiger partial charge in [-0.3, -0.25) is 0 Å². The second-order valence-corrected chi connectivity index (χ2v) is 5.52. The van der Waals surface area contributed by atoms with Crippen molar-refractivity contribution in [3.05, 3.63) is 35.7 Å². The SMILES string of the molecule is CCN1CCC(c2nnc(-c3cccc(C)c3)o2)CC1. The number of aromatic nitrogens is 2. The molecule has 0 bridgehead atoms. The minimum absolute atomic E-state index is 0.420. The summed E-state index contributed by atoms with van der Waals surface area (Å²) in [6.07, 6.45) is 2.23. The number of rotatable bonds is 3. The summed E-state index contributed by atoms with van der Waals surface area (Å²) in [7, 11) is 0. The Hall–Kier alpha value is -1.68. The monoisotopic (exact) mass is 271 g/mol. The highest BCUT2D eigenvalue weighted by atomic mass is 16.4. The van der Waals surface area contributed by atoms with Gasteiger partial charge in [-0.1, -0.05) is 24.6 Å². The molecule has 1 saturated heterocycles. The molecule has 1 aliphatic heterocycles. The van der Waals surface area contributed by atoms with E-state index in [4.69, 9.17) is 4.42 Å². The lowest BCUT2D eigenvalue weighted by molar-refractivity contribution is 0.209. The van der Waals surface area contributed by atoms with Crippen LogP contribution < -0.4 is 0 Å². The van der Waals surface area contributed by atoms with E-state index in [0.717, 1.165) is 43.9 Å². The Labute approximate surface area is 119 Å². The average Bonchev–Trinajstić information content (AvgIpc) is 2.97. The Bertz CT molecular complexity index is 571. The first kappa shape index (κ1) is 13.3. The maximum Gasteiger partial charge on any atom is 0.247 e. The van der Waals surface area contributed by atoms with Gasteiger partial charge in [0.25, 0.3) is 0 Å². The number of hydrogen-bond donors (Lipinski definition) is 0. The van der Waals surface area contributed by atoms with E-state index in [-0.39, 0.29) is 0 Å². The predicted octanol–water partition coefficient (Wildman–Crippen LogP) is 3.24. The number of aryl methyl sites for hydroxylation is 1. The van der Waals surface area contributed by atoms with Crippen LogP contribution in [0.15, 0.2) is 28.7 Å². The highest BCUT2D eigenvalue weighted by molar-refractivity contribution is 5.53. The van der Waals surface area contributed by atoms with Crippen LogP contribution in [0.3, 0.4) is 0 Å². The Balaban J connectivity index is 1.74. The molecule has 4 nitrogen and oxygen atoms in total. The van der Waals surface area contributed by atoms with Crippen molar-refractivity contribution in [2.45, 2.75) is 32.6 Å². The largest absolute Gasteiger partial charge is 0.420 e. The summed E-state index contributed by atoms with van der Waals surface area (Å²) in [5.74, 6) is 1.86. The fourth-order valence-electron chi connectivity index (χ4n) is 2.79. The maximum absolute atomic E-state index is 5.89. The van der Waals surface area contributed by atoms with Gasteiger partial charge in [0.05, 0.1) is 0 Å². The van der Waals surface area contributed by atoms with Crippen molar-refractivity contribution in [1.29, 1.82) is 0 Å². The molecule has 1 aromatic heterocycles. The first-order valence-electron chi connectivity index (χ1n) is 7.39. The summed E-state index contributed by atoms with van der Waals surface area (Å²) in [5, 5.41) is 8.47. The maximum atomic E-state index is 5.89. The van der Waals surface area contributed by atoms with E-state index in [1.54, 1.807) is 0 Å². The van der Waals surface area contributed by atoms with Crippen LogP contribution in [0, 0.1) is 6.92 Å². The van der Waals surface area contributed by atoms with Gasteiger partial charge in [-0.2, -0.15) is 0 Å². The highest BCUT2D eigenvalue weighted by Crippen LogP contribution is 2.29. The smallest absolute Gasteiger partial charge is 0.247 e. The molecule has 20 heavy (non-hydrogen) atoms. The predicted molar refractivity (Wildman–Crippen MR) is 78.6 cm³/mol. The molecule has 1 aliphatic rings. The van der Waals surface area contributed by atoms with Crippen molar-refractivity contribution >= 4 is 0 Å². The molecule has 1 aromatic carbocycles. The van der Waals surface area contributed by atoms with Crippen molar-refractivity contribution in [3.8, 4) is 11.5 Å². The van der Waals surface area contributed by atoms with Crippen LogP contribution in [-0.2, 0) is 0 Å². The van der Waals surface area contributed by atoms with Crippen molar-refractivity contribution in [2.24, 2.45) is 0 Å². The van der Waals surface area contributed by atoms with Gasteiger partial charge in [0, 0.05) is 11.5 Å². The second kappa shape index (κ2) is 5.75. The van der Waals surface area contributed by atoms with Crippen LogP contribution in [0.1, 0.15) is 37.1 Å². The lowest BCUT2D eigenvalue weighted by Crippen LogP contribution is -2.32. The Kier molecular flexibility index (Phi) is 3.83. The van der Waals surface area contributed by atoms with Crippen LogP contribution in [0.4, 0.5) is 0 Å². The molecule has 0 unspecified atom stereocenters. The summed E-state index contributed by atoms with van der Waals surface area (Å²) in [6, 6.07) is 8.19. The number of nitrogens with zero attached hydrogens (tertiary/aromatic N) is 3. The zero-order chi connectivity index (χ0) is 13.9. The quantitative estimate of drug-likeness (QED) is 0.859. The van der Waals surface area contributed by atoms with Gasteiger partial charge in [-0.05, 0) is 51.5 Å². The molecule has 106 valence electrons. The molecule has 2 aromatic rings. The van der Waals surface area contributed by atoms with Crippen LogP contribution in [0.2, 0.25) is 0 Å². The Morgan fingerprint density at radius 3 is 2.75 bits per heavy atom. The average molecular weight is 271 g/mol. The van der Waals surface area contributed by atoms with E-state index in [2.05, 4.69) is 41.1 Å². The Morgan fingerprint density at radius 1 is 1.25 bits per heavy atom. The molecule has 0 aliphatic carbocycles. The molecule has 0 atom stereocenters. The number of hydrogen-bond acceptors (Lipinski definition) is 4. The zero-order valence-corrected chi connectivity index (χ0v) is 12.2. The van der Waals surface area contributed by atoms with E-state index >= 15 is 0 Å². The molecule has 0 N–H and O–H groups in total. The normalized spacial score (nSPS) is 17.5. The minimum Gasteiger partial charge on any atom is -0.420 e. The molecule has 3 rings (SSSR count). The molecule has 4 heteroatoms. The molecular formula is C16H21N3O. The van der Waals surface area contributed by atoms with Gasteiger partial charge in [0.1, 0.15) is 0 Å². The van der Waals surface area contributed by atoms with Crippen LogP contribution in [0.5, 0.6) is 0 Å². The van der Waals surface area contributed by atoms with Gasteiger partial charge < -0.3 is 9.32 Å². The highest BCUT2D eigenvalue weighted by Gasteiger charge is 2.24. The van der Waals surface area contributed by atoms with E-state index < -0.39 is 0 Å². The third-order valence-corrected chi connectivity index (χ3v) is 4.09. The summed E-state index contributed by atoms with van der Waals surface area (Å²) < 4.78 is 5.89. The van der Waals surface area contributed by atoms with E-state index in [0.29, 0.717) is 11.8 Å². The van der Waals surface area contributed by atoms with Gasteiger partial charge in [0.2, 0.25) is 11.8 Å². The van der Waals surface area contributed by atoms with Crippen LogP contribution in [0.25, 0.3) is 11.5 Å². The van der Waals surface area contributed by atoms with Gasteiger partial charge in [-0.15, -0.1) is 10.2 Å². The lowest BCUT2D eigenvalue weighted by Gasteiger charge is -2.29. The fourth-order valence-corrected chi connectivity index (χ4v) is 2.79. The van der Waals surface area contributed by atoms with E-state index in [9.17, 15) is 0 Å². The molecule has 0 amide bonds. The first-order chi connectivity index (χ1) is 9.76. The van der Waals surface area contributed by atoms with Crippen LogP contribution >= 0.6 is 0 Å². The van der Waals surface area contributed by atoms with E-state index in [1.807, 2.05) is 12.1 Å². The molecule has 0 radical (unpaired) electrons. The van der Waals surface area contributed by atoms with Gasteiger partial charge in [-0.25, -0.2) is 0 Å². The van der Waals surface area contributed by atoms with E-state index in [1.165, 1.54) is 5.56 Å². The van der Waals surface area contributed by atoms with Gasteiger partial charge >= 0.3 is 0 Å². The van der Waals surface area contributed by atoms with Crippen molar-refractivity contribution in [1.82, 2.24) is 15.1 Å². The van der Waals surface area contributed by atoms with Crippen molar-refractivity contribution in [3.63, 3.8) is 0 Å². The summed E-state index contributed by atoms with van der Waals surface area (Å²) >= 11 is 0. The first-order valence-corrected chi connectivity index (χ1v) is 7.39. The summed E-state index contributed by atoms with van der Waals surface area (Å²) in [4.78, 5) is 2.47. The van der Waals surface area contributed by atoms with Crippen molar-refractivity contribution in [2.75, 3.05) is 19.6 Å². The summed E-state index contributed by atoms with van der Waals surface area (Å²) in [6.45, 7) is 7.67.